The number of hydrogen-bond acceptors (Lipinski definition) is 3. The normalized spacial score (nSPS) is 11.6. The Morgan fingerprint density at radius 3 is 2.21 bits per heavy atom. The molecule has 0 saturated carbocycles. The lowest BCUT2D eigenvalue weighted by Gasteiger charge is -2.20. The molecule has 8 heteroatoms. The van der Waals surface area contributed by atoms with Crippen molar-refractivity contribution < 1.29 is 14.4 Å². The summed E-state index contributed by atoms with van der Waals surface area (Å²) in [6.07, 6.45) is 0.379. The van der Waals surface area contributed by atoms with Crippen molar-refractivity contribution in [3.05, 3.63) is 69.7 Å². The second-order valence-electron chi connectivity index (χ2n) is 6.59. The molecule has 2 aromatic carbocycles. The minimum absolute atomic E-state index is 0.126. The summed E-state index contributed by atoms with van der Waals surface area (Å²) in [4.78, 5) is 37.1. The molecule has 0 aliphatic heterocycles. The minimum atomic E-state index is -0.852. The van der Waals surface area contributed by atoms with Crippen molar-refractivity contribution in [2.45, 2.75) is 26.3 Å². The molecule has 0 fully saturated rings. The zero-order valence-corrected chi connectivity index (χ0v) is 17.0. The Kier molecular flexibility index (Phi) is 7.84. The molecule has 0 unspecified atom stereocenters. The van der Waals surface area contributed by atoms with Gasteiger partial charge >= 0.3 is 0 Å². The highest BCUT2D eigenvalue weighted by Gasteiger charge is 2.24. The molecule has 2 rings (SSSR count). The first-order valence-corrected chi connectivity index (χ1v) is 9.44. The summed E-state index contributed by atoms with van der Waals surface area (Å²) in [5.41, 5.74) is 5.32. The number of nitrogens with one attached hydrogen (secondary N) is 3. The number of halogens is 2. The summed E-state index contributed by atoms with van der Waals surface area (Å²) < 4.78 is 0. The summed E-state index contributed by atoms with van der Waals surface area (Å²) >= 11 is 11.9. The van der Waals surface area contributed by atoms with Gasteiger partial charge in [-0.3, -0.25) is 25.2 Å². The largest absolute Gasteiger partial charge is 0.340 e. The van der Waals surface area contributed by atoms with E-state index in [0.717, 1.165) is 0 Å². The molecule has 0 spiro atoms. The second kappa shape index (κ2) is 10.1. The van der Waals surface area contributed by atoms with E-state index in [4.69, 9.17) is 23.2 Å². The van der Waals surface area contributed by atoms with E-state index >= 15 is 0 Å². The predicted molar refractivity (Wildman–Crippen MR) is 109 cm³/mol. The molecule has 0 bridgehead atoms. The zero-order valence-electron chi connectivity index (χ0n) is 15.5. The third-order valence-electron chi connectivity index (χ3n) is 3.84. The van der Waals surface area contributed by atoms with Crippen molar-refractivity contribution in [1.82, 2.24) is 16.2 Å². The number of hydrazine groups is 1. The van der Waals surface area contributed by atoms with Crippen LogP contribution in [0.15, 0.2) is 48.5 Å². The molecule has 2 aromatic rings. The Bertz CT molecular complexity index is 857. The molecule has 0 saturated heterocycles. The number of amides is 3. The Balaban J connectivity index is 2.04. The van der Waals surface area contributed by atoms with Crippen LogP contribution in [0.4, 0.5) is 0 Å². The Morgan fingerprint density at radius 2 is 1.61 bits per heavy atom. The fourth-order valence-electron chi connectivity index (χ4n) is 2.48. The quantitative estimate of drug-likeness (QED) is 0.622. The van der Waals surface area contributed by atoms with Crippen molar-refractivity contribution in [3.8, 4) is 0 Å². The first-order chi connectivity index (χ1) is 13.3. The van der Waals surface area contributed by atoms with E-state index in [2.05, 4.69) is 16.2 Å². The number of benzene rings is 2. The van der Waals surface area contributed by atoms with Crippen molar-refractivity contribution >= 4 is 40.9 Å². The van der Waals surface area contributed by atoms with Crippen LogP contribution < -0.4 is 16.2 Å². The van der Waals surface area contributed by atoms with Gasteiger partial charge < -0.3 is 5.32 Å². The molecule has 0 heterocycles. The third-order valence-corrected chi connectivity index (χ3v) is 4.39. The van der Waals surface area contributed by atoms with Gasteiger partial charge in [0.05, 0.1) is 10.6 Å². The van der Waals surface area contributed by atoms with Crippen molar-refractivity contribution in [1.29, 1.82) is 0 Å². The number of rotatable bonds is 6. The first kappa shape index (κ1) is 21.7. The van der Waals surface area contributed by atoms with Gasteiger partial charge in [-0.05, 0) is 42.7 Å². The van der Waals surface area contributed by atoms with Crippen molar-refractivity contribution in [2.75, 3.05) is 0 Å². The lowest BCUT2D eigenvalue weighted by Crippen LogP contribution is -2.52. The second-order valence-corrected chi connectivity index (χ2v) is 7.43. The van der Waals surface area contributed by atoms with Crippen LogP contribution in [-0.4, -0.2) is 23.8 Å². The summed E-state index contributed by atoms with van der Waals surface area (Å²) in [5, 5.41) is 3.25. The topological polar surface area (TPSA) is 87.3 Å². The lowest BCUT2D eigenvalue weighted by molar-refractivity contribution is -0.124. The van der Waals surface area contributed by atoms with Crippen LogP contribution in [0, 0.1) is 5.92 Å². The molecule has 28 heavy (non-hydrogen) atoms. The van der Waals surface area contributed by atoms with Gasteiger partial charge in [0.1, 0.15) is 6.04 Å². The van der Waals surface area contributed by atoms with Crippen LogP contribution in [0.2, 0.25) is 10.0 Å². The summed E-state index contributed by atoms with van der Waals surface area (Å²) in [5.74, 6) is -1.36. The maximum atomic E-state index is 12.5. The van der Waals surface area contributed by atoms with Gasteiger partial charge in [-0.2, -0.15) is 0 Å². The van der Waals surface area contributed by atoms with Gasteiger partial charge in [0.2, 0.25) is 0 Å². The van der Waals surface area contributed by atoms with Gasteiger partial charge in [-0.1, -0.05) is 55.2 Å². The predicted octanol–water partition coefficient (Wildman–Crippen LogP) is 3.60. The Hall–Kier alpha value is -2.57. The molecule has 3 amide bonds. The molecule has 0 aliphatic carbocycles. The van der Waals surface area contributed by atoms with Gasteiger partial charge in [0.15, 0.2) is 0 Å². The summed E-state index contributed by atoms with van der Waals surface area (Å²) in [7, 11) is 0. The third kappa shape index (κ3) is 6.25. The van der Waals surface area contributed by atoms with Crippen LogP contribution in [0.5, 0.6) is 0 Å². The summed E-state index contributed by atoms with van der Waals surface area (Å²) in [6, 6.07) is 12.1. The van der Waals surface area contributed by atoms with Crippen LogP contribution in [0.1, 0.15) is 41.0 Å². The van der Waals surface area contributed by atoms with Crippen LogP contribution in [0.25, 0.3) is 0 Å². The minimum Gasteiger partial charge on any atom is -0.340 e. The van der Waals surface area contributed by atoms with Crippen molar-refractivity contribution in [2.24, 2.45) is 5.92 Å². The maximum absolute atomic E-state index is 12.5. The number of carbonyl (C=O) groups excluding carboxylic acids is 3. The van der Waals surface area contributed by atoms with Crippen molar-refractivity contribution in [3.63, 3.8) is 0 Å². The van der Waals surface area contributed by atoms with E-state index in [1.54, 1.807) is 36.4 Å². The average Bonchev–Trinajstić information content (AvgIpc) is 2.65. The Labute approximate surface area is 173 Å². The fourth-order valence-corrected chi connectivity index (χ4v) is 2.97. The molecule has 1 atom stereocenters. The van der Waals surface area contributed by atoms with Gasteiger partial charge in [-0.15, -0.1) is 0 Å². The van der Waals surface area contributed by atoms with Crippen LogP contribution in [0.3, 0.4) is 0 Å². The number of carbonyl (C=O) groups is 3. The van der Waals surface area contributed by atoms with Gasteiger partial charge in [-0.25, -0.2) is 0 Å². The van der Waals surface area contributed by atoms with E-state index in [9.17, 15) is 14.4 Å². The average molecular weight is 422 g/mol. The highest BCUT2D eigenvalue weighted by atomic mass is 35.5. The van der Waals surface area contributed by atoms with Crippen LogP contribution >= 0.6 is 23.2 Å². The van der Waals surface area contributed by atoms with E-state index < -0.39 is 23.8 Å². The number of hydrogen-bond donors (Lipinski definition) is 3. The van der Waals surface area contributed by atoms with E-state index in [-0.39, 0.29) is 16.5 Å². The SMILES string of the molecule is CC(C)C[C@@H](NC(=O)c1ccc(Cl)cc1Cl)C(=O)NNC(=O)c1ccccc1. The monoisotopic (exact) mass is 421 g/mol. The highest BCUT2D eigenvalue weighted by molar-refractivity contribution is 6.36. The maximum Gasteiger partial charge on any atom is 0.269 e. The van der Waals surface area contributed by atoms with E-state index in [0.29, 0.717) is 17.0 Å². The van der Waals surface area contributed by atoms with Gasteiger partial charge in [0.25, 0.3) is 17.7 Å². The highest BCUT2D eigenvalue weighted by Crippen LogP contribution is 2.21. The van der Waals surface area contributed by atoms with Gasteiger partial charge in [0, 0.05) is 10.6 Å². The Morgan fingerprint density at radius 1 is 0.929 bits per heavy atom. The molecule has 0 radical (unpaired) electrons. The smallest absolute Gasteiger partial charge is 0.269 e. The molecule has 148 valence electrons. The molecular weight excluding hydrogens is 401 g/mol. The first-order valence-electron chi connectivity index (χ1n) is 8.69. The van der Waals surface area contributed by atoms with E-state index in [1.807, 2.05) is 13.8 Å². The summed E-state index contributed by atoms with van der Waals surface area (Å²) in [6.45, 7) is 3.84. The molecule has 6 nitrogen and oxygen atoms in total. The molecular formula is C20H21Cl2N3O3. The van der Waals surface area contributed by atoms with E-state index in [1.165, 1.54) is 12.1 Å². The standard InChI is InChI=1S/C20H21Cl2N3O3/c1-12(2)10-17(23-19(27)15-9-8-14(21)11-16(15)22)20(28)25-24-18(26)13-6-4-3-5-7-13/h3-9,11-12,17H,10H2,1-2H3,(H,23,27)(H,24,26)(H,25,28)/t17-/m1/s1. The fraction of sp³-hybridized carbons (Fsp3) is 0.250. The zero-order chi connectivity index (χ0) is 20.7. The molecule has 0 aromatic heterocycles. The lowest BCUT2D eigenvalue weighted by atomic mass is 10.0. The molecule has 0 aliphatic rings. The van der Waals surface area contributed by atoms with Crippen LogP contribution in [-0.2, 0) is 4.79 Å². The molecule has 3 N–H and O–H groups in total.